The molecule has 1 aliphatic rings. The maximum absolute atomic E-state index is 11.9. The van der Waals surface area contributed by atoms with Crippen LogP contribution >= 0.6 is 0 Å². The van der Waals surface area contributed by atoms with Crippen LogP contribution in [0.2, 0.25) is 0 Å². The van der Waals surface area contributed by atoms with Crippen molar-refractivity contribution in [2.24, 2.45) is 17.1 Å². The number of ether oxygens (including phenoxy) is 1. The Balaban J connectivity index is 2.50. The van der Waals surface area contributed by atoms with Crippen molar-refractivity contribution in [1.82, 2.24) is 0 Å². The summed E-state index contributed by atoms with van der Waals surface area (Å²) in [6.07, 6.45) is 4.63. The molecule has 3 heteroatoms. The fourth-order valence-corrected chi connectivity index (χ4v) is 2.03. The molecule has 1 saturated carbocycles. The van der Waals surface area contributed by atoms with E-state index >= 15 is 0 Å². The largest absolute Gasteiger partial charge is 0.461 e. The first-order valence-corrected chi connectivity index (χ1v) is 6.28. The minimum atomic E-state index is -0.526. The Hall–Kier alpha value is -0.570. The highest BCUT2D eigenvalue weighted by atomic mass is 16.5. The maximum Gasteiger partial charge on any atom is 0.323 e. The van der Waals surface area contributed by atoms with Crippen molar-refractivity contribution < 1.29 is 9.53 Å². The highest BCUT2D eigenvalue weighted by molar-refractivity contribution is 5.76. The van der Waals surface area contributed by atoms with Gasteiger partial charge in [-0.1, -0.05) is 34.1 Å². The third kappa shape index (κ3) is 3.48. The van der Waals surface area contributed by atoms with Gasteiger partial charge >= 0.3 is 5.97 Å². The number of hydrogen-bond acceptors (Lipinski definition) is 3. The summed E-state index contributed by atoms with van der Waals surface area (Å²) in [4.78, 5) is 11.9. The van der Waals surface area contributed by atoms with E-state index in [0.29, 0.717) is 5.92 Å². The van der Waals surface area contributed by atoms with Crippen LogP contribution in [0.5, 0.6) is 0 Å². The third-order valence-electron chi connectivity index (χ3n) is 3.49. The van der Waals surface area contributed by atoms with Crippen molar-refractivity contribution in [2.45, 2.75) is 65.5 Å². The van der Waals surface area contributed by atoms with Crippen LogP contribution in [-0.4, -0.2) is 18.1 Å². The van der Waals surface area contributed by atoms with Crippen molar-refractivity contribution in [3.63, 3.8) is 0 Å². The van der Waals surface area contributed by atoms with Gasteiger partial charge in [-0.05, 0) is 30.6 Å². The zero-order chi connectivity index (χ0) is 12.3. The van der Waals surface area contributed by atoms with Crippen molar-refractivity contribution in [2.75, 3.05) is 0 Å². The van der Waals surface area contributed by atoms with E-state index < -0.39 is 6.04 Å². The first kappa shape index (κ1) is 13.5. The van der Waals surface area contributed by atoms with Crippen LogP contribution in [-0.2, 0) is 9.53 Å². The summed E-state index contributed by atoms with van der Waals surface area (Å²) in [7, 11) is 0. The average Bonchev–Trinajstić information content (AvgIpc) is 2.19. The zero-order valence-electron chi connectivity index (χ0n) is 11.0. The van der Waals surface area contributed by atoms with Gasteiger partial charge in [-0.15, -0.1) is 0 Å². The Morgan fingerprint density at radius 3 is 2.38 bits per heavy atom. The third-order valence-corrected chi connectivity index (χ3v) is 3.49. The van der Waals surface area contributed by atoms with E-state index in [1.165, 1.54) is 6.42 Å². The molecule has 0 aromatic heterocycles. The lowest BCUT2D eigenvalue weighted by Crippen LogP contribution is -2.45. The van der Waals surface area contributed by atoms with Gasteiger partial charge in [0.15, 0.2) is 0 Å². The molecule has 0 aromatic carbocycles. The summed E-state index contributed by atoms with van der Waals surface area (Å²) in [5.41, 5.74) is 5.66. The molecular formula is C13H25NO2. The van der Waals surface area contributed by atoms with Crippen molar-refractivity contribution >= 4 is 5.97 Å². The Labute approximate surface area is 98.7 Å². The van der Waals surface area contributed by atoms with Gasteiger partial charge in [0.05, 0.1) is 0 Å². The Morgan fingerprint density at radius 1 is 1.31 bits per heavy atom. The lowest BCUT2D eigenvalue weighted by Gasteiger charge is -2.32. The molecule has 0 saturated heterocycles. The molecule has 3 nitrogen and oxygen atoms in total. The standard InChI is InChI=1S/C13H25NO2/c1-9-7-5-6-8-10(9)16-12(15)11(14)13(2,3)4/h9-11H,5-8,14H2,1-4H3/t9?,10?,11-/m0/s1. The topological polar surface area (TPSA) is 52.3 Å². The second kappa shape index (κ2) is 5.17. The number of esters is 1. The predicted octanol–water partition coefficient (Wildman–Crippen LogP) is 2.48. The molecule has 0 bridgehead atoms. The molecule has 0 aromatic rings. The Bertz CT molecular complexity index is 245. The molecule has 0 aliphatic heterocycles. The molecule has 16 heavy (non-hydrogen) atoms. The van der Waals surface area contributed by atoms with Crippen LogP contribution in [0.25, 0.3) is 0 Å². The van der Waals surface area contributed by atoms with E-state index in [0.717, 1.165) is 19.3 Å². The van der Waals surface area contributed by atoms with E-state index in [2.05, 4.69) is 6.92 Å². The van der Waals surface area contributed by atoms with E-state index in [1.54, 1.807) is 0 Å². The quantitative estimate of drug-likeness (QED) is 0.737. The van der Waals surface area contributed by atoms with Crippen molar-refractivity contribution in [1.29, 1.82) is 0 Å². The minimum absolute atomic E-state index is 0.0784. The van der Waals surface area contributed by atoms with Gasteiger partial charge in [-0.3, -0.25) is 4.79 Å². The van der Waals surface area contributed by atoms with Crippen LogP contribution in [0.1, 0.15) is 53.4 Å². The summed E-state index contributed by atoms with van der Waals surface area (Å²) in [5.74, 6) is 0.233. The van der Waals surface area contributed by atoms with E-state index in [1.807, 2.05) is 20.8 Å². The lowest BCUT2D eigenvalue weighted by atomic mass is 9.86. The monoisotopic (exact) mass is 227 g/mol. The highest BCUT2D eigenvalue weighted by Crippen LogP contribution is 2.27. The van der Waals surface area contributed by atoms with Crippen LogP contribution in [0.4, 0.5) is 0 Å². The minimum Gasteiger partial charge on any atom is -0.461 e. The predicted molar refractivity (Wildman–Crippen MR) is 64.9 cm³/mol. The van der Waals surface area contributed by atoms with Gasteiger partial charge in [0.1, 0.15) is 12.1 Å². The van der Waals surface area contributed by atoms with Gasteiger partial charge in [-0.25, -0.2) is 0 Å². The number of carbonyl (C=O) groups excluding carboxylic acids is 1. The Kier molecular flexibility index (Phi) is 4.36. The highest BCUT2D eigenvalue weighted by Gasteiger charge is 2.32. The van der Waals surface area contributed by atoms with Crippen LogP contribution in [0.3, 0.4) is 0 Å². The summed E-state index contributed by atoms with van der Waals surface area (Å²) in [5, 5.41) is 0. The molecule has 94 valence electrons. The van der Waals surface area contributed by atoms with Crippen LogP contribution < -0.4 is 5.73 Å². The van der Waals surface area contributed by atoms with E-state index in [-0.39, 0.29) is 17.5 Å². The Morgan fingerprint density at radius 2 is 1.88 bits per heavy atom. The van der Waals surface area contributed by atoms with Crippen LogP contribution in [0, 0.1) is 11.3 Å². The van der Waals surface area contributed by atoms with Gasteiger partial charge in [0, 0.05) is 0 Å². The number of nitrogens with two attached hydrogens (primary N) is 1. The molecule has 1 aliphatic carbocycles. The molecule has 0 heterocycles. The zero-order valence-corrected chi connectivity index (χ0v) is 11.0. The summed E-state index contributed by atoms with van der Waals surface area (Å²) in [6.45, 7) is 8.04. The normalized spacial score (nSPS) is 28.6. The van der Waals surface area contributed by atoms with E-state index in [9.17, 15) is 4.79 Å². The number of carbonyl (C=O) groups is 1. The SMILES string of the molecule is CC1CCCCC1OC(=O)[C@H](N)C(C)(C)C. The molecule has 1 rings (SSSR count). The summed E-state index contributed by atoms with van der Waals surface area (Å²) >= 11 is 0. The van der Waals surface area contributed by atoms with Crippen molar-refractivity contribution in [3.8, 4) is 0 Å². The maximum atomic E-state index is 11.9. The molecular weight excluding hydrogens is 202 g/mol. The first-order chi connectivity index (χ1) is 7.32. The smallest absolute Gasteiger partial charge is 0.323 e. The lowest BCUT2D eigenvalue weighted by molar-refractivity contribution is -0.157. The molecule has 2 unspecified atom stereocenters. The summed E-state index contributed by atoms with van der Waals surface area (Å²) < 4.78 is 5.53. The van der Waals surface area contributed by atoms with Crippen LogP contribution in [0.15, 0.2) is 0 Å². The van der Waals surface area contributed by atoms with Gasteiger partial charge in [0.2, 0.25) is 0 Å². The number of rotatable bonds is 2. The van der Waals surface area contributed by atoms with Crippen molar-refractivity contribution in [3.05, 3.63) is 0 Å². The van der Waals surface area contributed by atoms with Gasteiger partial charge in [0.25, 0.3) is 0 Å². The van der Waals surface area contributed by atoms with Gasteiger partial charge < -0.3 is 10.5 Å². The number of hydrogen-bond donors (Lipinski definition) is 1. The average molecular weight is 227 g/mol. The second-order valence-electron chi connectivity index (χ2n) is 6.08. The molecule has 1 fully saturated rings. The summed E-state index contributed by atoms with van der Waals surface area (Å²) in [6, 6.07) is -0.526. The molecule has 3 atom stereocenters. The molecule has 2 N–H and O–H groups in total. The van der Waals surface area contributed by atoms with E-state index in [4.69, 9.17) is 10.5 Å². The first-order valence-electron chi connectivity index (χ1n) is 6.28. The molecule has 0 radical (unpaired) electrons. The fraction of sp³-hybridized carbons (Fsp3) is 0.923. The molecule has 0 amide bonds. The second-order valence-corrected chi connectivity index (χ2v) is 6.08. The van der Waals surface area contributed by atoms with Gasteiger partial charge in [-0.2, -0.15) is 0 Å². The molecule has 0 spiro atoms. The fourth-order valence-electron chi connectivity index (χ4n) is 2.03.